The second-order valence-corrected chi connectivity index (χ2v) is 3.51. The van der Waals surface area contributed by atoms with Crippen LogP contribution in [0.25, 0.3) is 0 Å². The van der Waals surface area contributed by atoms with Crippen molar-refractivity contribution in [3.05, 3.63) is 11.9 Å². The van der Waals surface area contributed by atoms with Crippen LogP contribution >= 0.6 is 15.9 Å². The van der Waals surface area contributed by atoms with Crippen molar-refractivity contribution >= 4 is 15.9 Å². The monoisotopic (exact) mass is 189 g/mol. The van der Waals surface area contributed by atoms with Gasteiger partial charge in [-0.2, -0.15) is 15.4 Å². The van der Waals surface area contributed by atoms with E-state index in [-0.39, 0.29) is 0 Å². The van der Waals surface area contributed by atoms with Gasteiger partial charge in [-0.15, -0.1) is 0 Å². The molecule has 0 aliphatic heterocycles. The van der Waals surface area contributed by atoms with Crippen LogP contribution in [0.4, 0.5) is 0 Å². The Bertz CT molecular complexity index is 159. The van der Waals surface area contributed by atoms with E-state index in [1.54, 1.807) is 6.20 Å². The van der Waals surface area contributed by atoms with Crippen LogP contribution in [0.1, 0.15) is 12.6 Å². The molecule has 0 spiro atoms. The van der Waals surface area contributed by atoms with Crippen molar-refractivity contribution in [1.82, 2.24) is 15.4 Å². The van der Waals surface area contributed by atoms with E-state index >= 15 is 0 Å². The Hall–Kier alpha value is -0.380. The molecule has 4 heteroatoms. The van der Waals surface area contributed by atoms with Crippen LogP contribution in [0.5, 0.6) is 0 Å². The van der Waals surface area contributed by atoms with E-state index in [0.29, 0.717) is 4.83 Å². The lowest BCUT2D eigenvalue weighted by molar-refractivity contribution is 0.872. The van der Waals surface area contributed by atoms with E-state index in [0.717, 1.165) is 12.1 Å². The molecule has 1 atom stereocenters. The maximum absolute atomic E-state index is 3.89. The number of nitrogens with zero attached hydrogens (tertiary/aromatic N) is 2. The predicted octanol–water partition coefficient (Wildman–Crippen LogP) is 1.13. The topological polar surface area (TPSA) is 41.6 Å². The molecule has 0 saturated carbocycles. The van der Waals surface area contributed by atoms with Gasteiger partial charge in [0.15, 0.2) is 0 Å². The van der Waals surface area contributed by atoms with E-state index in [1.807, 2.05) is 0 Å². The lowest BCUT2D eigenvalue weighted by Gasteiger charge is -1.94. The number of halogens is 1. The maximum atomic E-state index is 3.89. The molecule has 0 radical (unpaired) electrons. The second kappa shape index (κ2) is 2.96. The summed E-state index contributed by atoms with van der Waals surface area (Å²) >= 11 is 3.41. The number of aromatic nitrogens is 3. The van der Waals surface area contributed by atoms with Crippen LogP contribution in [-0.4, -0.2) is 20.2 Å². The minimum absolute atomic E-state index is 0.475. The molecular formula is C5H8BrN3. The van der Waals surface area contributed by atoms with Gasteiger partial charge in [-0.25, -0.2) is 0 Å². The summed E-state index contributed by atoms with van der Waals surface area (Å²) in [6.45, 7) is 2.08. The third-order valence-electron chi connectivity index (χ3n) is 0.955. The van der Waals surface area contributed by atoms with Gasteiger partial charge in [-0.05, 0) is 0 Å². The molecule has 0 saturated heterocycles. The number of hydrogen-bond donors (Lipinski definition) is 1. The molecule has 1 heterocycles. The van der Waals surface area contributed by atoms with E-state index < -0.39 is 0 Å². The van der Waals surface area contributed by atoms with Crippen LogP contribution in [0.3, 0.4) is 0 Å². The highest BCUT2D eigenvalue weighted by Crippen LogP contribution is 2.03. The lowest BCUT2D eigenvalue weighted by Crippen LogP contribution is -1.95. The summed E-state index contributed by atoms with van der Waals surface area (Å²) in [4.78, 5) is 0.475. The summed E-state index contributed by atoms with van der Waals surface area (Å²) < 4.78 is 0. The summed E-state index contributed by atoms with van der Waals surface area (Å²) in [5.41, 5.74) is 0.999. The van der Waals surface area contributed by atoms with E-state index in [2.05, 4.69) is 38.3 Å². The fraction of sp³-hybridized carbons (Fsp3) is 0.600. The average molecular weight is 190 g/mol. The molecule has 1 N–H and O–H groups in total. The standard InChI is InChI=1S/C5H8BrN3/c1-4(6)2-5-3-7-9-8-5/h3-4H,2H2,1H3,(H,7,8,9). The fourth-order valence-corrected chi connectivity index (χ4v) is 0.944. The van der Waals surface area contributed by atoms with Gasteiger partial charge in [0.1, 0.15) is 0 Å². The van der Waals surface area contributed by atoms with Crippen LogP contribution in [-0.2, 0) is 6.42 Å². The highest BCUT2D eigenvalue weighted by molar-refractivity contribution is 9.09. The lowest BCUT2D eigenvalue weighted by atomic mass is 10.3. The van der Waals surface area contributed by atoms with E-state index in [1.165, 1.54) is 0 Å². The number of nitrogens with one attached hydrogen (secondary N) is 1. The summed E-state index contributed by atoms with van der Waals surface area (Å²) in [7, 11) is 0. The van der Waals surface area contributed by atoms with Crippen molar-refractivity contribution in [1.29, 1.82) is 0 Å². The summed E-state index contributed by atoms with van der Waals surface area (Å²) in [5.74, 6) is 0. The zero-order valence-electron chi connectivity index (χ0n) is 5.13. The van der Waals surface area contributed by atoms with E-state index in [4.69, 9.17) is 0 Å². The Morgan fingerprint density at radius 2 is 2.67 bits per heavy atom. The minimum atomic E-state index is 0.475. The van der Waals surface area contributed by atoms with Crippen LogP contribution in [0.2, 0.25) is 0 Å². The predicted molar refractivity (Wildman–Crippen MR) is 38.5 cm³/mol. The summed E-state index contributed by atoms with van der Waals surface area (Å²) in [6.07, 6.45) is 2.66. The average Bonchev–Trinajstić information content (AvgIpc) is 2.15. The van der Waals surface area contributed by atoms with Gasteiger partial charge >= 0.3 is 0 Å². The first-order chi connectivity index (χ1) is 4.29. The van der Waals surface area contributed by atoms with Crippen molar-refractivity contribution in [3.63, 3.8) is 0 Å². The maximum Gasteiger partial charge on any atom is 0.0835 e. The third kappa shape index (κ3) is 2.13. The van der Waals surface area contributed by atoms with Crippen molar-refractivity contribution in [2.24, 2.45) is 0 Å². The molecule has 1 aromatic rings. The first kappa shape index (κ1) is 6.74. The zero-order chi connectivity index (χ0) is 6.69. The number of aromatic amines is 1. The van der Waals surface area contributed by atoms with Gasteiger partial charge in [0.05, 0.1) is 11.9 Å². The Labute approximate surface area is 62.0 Å². The fourth-order valence-electron chi connectivity index (χ4n) is 0.612. The van der Waals surface area contributed by atoms with Crippen molar-refractivity contribution in [2.75, 3.05) is 0 Å². The number of alkyl halides is 1. The largest absolute Gasteiger partial charge is 0.198 e. The van der Waals surface area contributed by atoms with E-state index in [9.17, 15) is 0 Å². The molecule has 0 amide bonds. The Kier molecular flexibility index (Phi) is 2.22. The van der Waals surface area contributed by atoms with Crippen molar-refractivity contribution in [2.45, 2.75) is 18.2 Å². The quantitative estimate of drug-likeness (QED) is 0.710. The zero-order valence-corrected chi connectivity index (χ0v) is 6.72. The molecule has 0 aliphatic rings. The first-order valence-corrected chi connectivity index (χ1v) is 3.69. The SMILES string of the molecule is CC(Br)Cc1cn[nH]n1. The van der Waals surface area contributed by atoms with Crippen molar-refractivity contribution < 1.29 is 0 Å². The number of rotatable bonds is 2. The normalized spacial score (nSPS) is 13.6. The van der Waals surface area contributed by atoms with Gasteiger partial charge in [-0.3, -0.25) is 0 Å². The first-order valence-electron chi connectivity index (χ1n) is 2.78. The molecular weight excluding hydrogens is 182 g/mol. The summed E-state index contributed by atoms with van der Waals surface area (Å²) in [5, 5.41) is 10.1. The molecule has 0 aromatic carbocycles. The second-order valence-electron chi connectivity index (χ2n) is 1.95. The van der Waals surface area contributed by atoms with Crippen LogP contribution in [0, 0.1) is 0 Å². The number of hydrogen-bond acceptors (Lipinski definition) is 2. The molecule has 9 heavy (non-hydrogen) atoms. The minimum Gasteiger partial charge on any atom is -0.198 e. The third-order valence-corrected chi connectivity index (χ3v) is 1.28. The molecule has 50 valence electrons. The summed E-state index contributed by atoms with van der Waals surface area (Å²) in [6, 6.07) is 0. The van der Waals surface area contributed by atoms with Gasteiger partial charge < -0.3 is 0 Å². The van der Waals surface area contributed by atoms with Gasteiger partial charge in [-0.1, -0.05) is 22.9 Å². The van der Waals surface area contributed by atoms with Crippen molar-refractivity contribution in [3.8, 4) is 0 Å². The van der Waals surface area contributed by atoms with Crippen LogP contribution < -0.4 is 0 Å². The molecule has 3 nitrogen and oxygen atoms in total. The molecule has 0 fully saturated rings. The Balaban J connectivity index is 2.48. The molecule has 0 aliphatic carbocycles. The Morgan fingerprint density at radius 3 is 3.11 bits per heavy atom. The van der Waals surface area contributed by atoms with Gasteiger partial charge in [0.2, 0.25) is 0 Å². The molecule has 1 rings (SSSR count). The Morgan fingerprint density at radius 1 is 1.89 bits per heavy atom. The molecule has 0 bridgehead atoms. The molecule has 1 unspecified atom stereocenters. The highest BCUT2D eigenvalue weighted by Gasteiger charge is 1.99. The van der Waals surface area contributed by atoms with Crippen LogP contribution in [0.15, 0.2) is 6.20 Å². The number of H-pyrrole nitrogens is 1. The van der Waals surface area contributed by atoms with Gasteiger partial charge in [0.25, 0.3) is 0 Å². The molecule has 1 aromatic heterocycles. The highest BCUT2D eigenvalue weighted by atomic mass is 79.9. The smallest absolute Gasteiger partial charge is 0.0835 e. The van der Waals surface area contributed by atoms with Gasteiger partial charge in [0, 0.05) is 11.2 Å².